The first-order valence-corrected chi connectivity index (χ1v) is 9.66. The molecular weight excluding hydrogens is 354 g/mol. The first kappa shape index (κ1) is 17.1. The normalized spacial score (nSPS) is 23.3. The second kappa shape index (κ2) is 6.27. The fourth-order valence-electron chi connectivity index (χ4n) is 4.67. The van der Waals surface area contributed by atoms with Gasteiger partial charge in [0, 0.05) is 31.2 Å². The van der Waals surface area contributed by atoms with Gasteiger partial charge in [-0.2, -0.15) is 0 Å². The van der Waals surface area contributed by atoms with Crippen LogP contribution in [-0.2, 0) is 0 Å². The number of imide groups is 1. The van der Waals surface area contributed by atoms with E-state index in [2.05, 4.69) is 5.32 Å². The van der Waals surface area contributed by atoms with Crippen molar-refractivity contribution in [1.82, 2.24) is 10.2 Å². The van der Waals surface area contributed by atoms with Crippen molar-refractivity contribution in [2.24, 2.45) is 5.92 Å². The zero-order valence-corrected chi connectivity index (χ0v) is 15.6. The molecular formula is C22H21N3O3. The number of carbonyl (C=O) groups is 3. The number of hydrogen-bond donors (Lipinski definition) is 1. The number of carbonyl (C=O) groups excluding carboxylic acids is 3. The van der Waals surface area contributed by atoms with Crippen molar-refractivity contribution in [3.8, 4) is 0 Å². The van der Waals surface area contributed by atoms with Crippen LogP contribution in [0.1, 0.15) is 43.1 Å². The van der Waals surface area contributed by atoms with Gasteiger partial charge in [-0.05, 0) is 49.1 Å². The van der Waals surface area contributed by atoms with Crippen LogP contribution in [0.2, 0.25) is 0 Å². The highest BCUT2D eigenvalue weighted by Crippen LogP contribution is 2.33. The summed E-state index contributed by atoms with van der Waals surface area (Å²) in [6.45, 7) is 4.39. The molecule has 2 saturated heterocycles. The van der Waals surface area contributed by atoms with Crippen molar-refractivity contribution in [1.29, 1.82) is 0 Å². The minimum atomic E-state index is -0.370. The van der Waals surface area contributed by atoms with Crippen LogP contribution < -0.4 is 10.2 Å². The molecule has 2 aromatic carbocycles. The summed E-state index contributed by atoms with van der Waals surface area (Å²) in [5, 5.41) is 3.35. The van der Waals surface area contributed by atoms with Gasteiger partial charge < -0.3 is 10.2 Å². The molecule has 0 aromatic heterocycles. The number of nitrogens with zero attached hydrogens (tertiary/aromatic N) is 2. The Morgan fingerprint density at radius 3 is 2.64 bits per heavy atom. The average Bonchev–Trinajstić information content (AvgIpc) is 3.37. The maximum atomic E-state index is 13.1. The van der Waals surface area contributed by atoms with Crippen molar-refractivity contribution in [3.63, 3.8) is 0 Å². The summed E-state index contributed by atoms with van der Waals surface area (Å²) in [5.41, 5.74) is 2.57. The van der Waals surface area contributed by atoms with Gasteiger partial charge in [0.1, 0.15) is 0 Å². The Morgan fingerprint density at radius 1 is 1.04 bits per heavy atom. The number of fused-ring (bicyclic) bond motifs is 2. The third-order valence-electron chi connectivity index (χ3n) is 6.20. The van der Waals surface area contributed by atoms with E-state index in [4.69, 9.17) is 0 Å². The van der Waals surface area contributed by atoms with Gasteiger partial charge in [0.2, 0.25) is 0 Å². The highest BCUT2D eigenvalue weighted by atomic mass is 16.2. The quantitative estimate of drug-likeness (QED) is 0.818. The molecule has 3 aliphatic rings. The second-order valence-corrected chi connectivity index (χ2v) is 7.77. The predicted molar refractivity (Wildman–Crippen MR) is 105 cm³/mol. The van der Waals surface area contributed by atoms with Gasteiger partial charge in [-0.15, -0.1) is 0 Å². The molecule has 2 aromatic rings. The Kier molecular flexibility index (Phi) is 3.84. The van der Waals surface area contributed by atoms with E-state index in [1.807, 2.05) is 24.0 Å². The minimum Gasteiger partial charge on any atom is -0.334 e. The maximum Gasteiger partial charge on any atom is 0.266 e. The Hall–Kier alpha value is -2.99. The molecule has 0 spiro atoms. The maximum absolute atomic E-state index is 13.1. The fourth-order valence-corrected chi connectivity index (χ4v) is 4.67. The number of nitrogens with one attached hydrogen (secondary N) is 1. The summed E-state index contributed by atoms with van der Waals surface area (Å²) in [7, 11) is 0. The molecule has 0 saturated carbocycles. The van der Waals surface area contributed by atoms with E-state index in [9.17, 15) is 14.4 Å². The summed E-state index contributed by atoms with van der Waals surface area (Å²) in [6.07, 6.45) is 1.01. The van der Waals surface area contributed by atoms with Crippen LogP contribution in [-0.4, -0.2) is 48.3 Å². The largest absolute Gasteiger partial charge is 0.334 e. The van der Waals surface area contributed by atoms with Crippen LogP contribution in [0, 0.1) is 12.8 Å². The van der Waals surface area contributed by atoms with Gasteiger partial charge in [0.25, 0.3) is 17.7 Å². The third-order valence-corrected chi connectivity index (χ3v) is 6.20. The second-order valence-electron chi connectivity index (χ2n) is 7.77. The van der Waals surface area contributed by atoms with Crippen molar-refractivity contribution < 1.29 is 14.4 Å². The highest BCUT2D eigenvalue weighted by molar-refractivity contribution is 6.35. The molecule has 0 unspecified atom stereocenters. The zero-order valence-electron chi connectivity index (χ0n) is 15.6. The van der Waals surface area contributed by atoms with Gasteiger partial charge in [0.15, 0.2) is 0 Å². The van der Waals surface area contributed by atoms with E-state index < -0.39 is 0 Å². The van der Waals surface area contributed by atoms with Gasteiger partial charge >= 0.3 is 0 Å². The summed E-state index contributed by atoms with van der Waals surface area (Å²) in [5.74, 6) is -0.257. The Labute approximate surface area is 163 Å². The number of aryl methyl sites for hydroxylation is 1. The number of para-hydroxylation sites is 1. The van der Waals surface area contributed by atoms with E-state index in [-0.39, 0.29) is 23.8 Å². The van der Waals surface area contributed by atoms with E-state index in [0.29, 0.717) is 28.3 Å². The smallest absolute Gasteiger partial charge is 0.266 e. The first-order valence-electron chi connectivity index (χ1n) is 9.66. The molecule has 3 aliphatic heterocycles. The van der Waals surface area contributed by atoms with Gasteiger partial charge in [-0.25, -0.2) is 4.90 Å². The highest BCUT2D eigenvalue weighted by Gasteiger charge is 2.41. The Bertz CT molecular complexity index is 1020. The fraction of sp³-hybridized carbons (Fsp3) is 0.318. The van der Waals surface area contributed by atoms with Crippen LogP contribution in [0.3, 0.4) is 0 Å². The van der Waals surface area contributed by atoms with Crippen LogP contribution in [0.4, 0.5) is 5.69 Å². The molecule has 0 radical (unpaired) electrons. The predicted octanol–water partition coefficient (Wildman–Crippen LogP) is 2.23. The molecule has 2 fully saturated rings. The monoisotopic (exact) mass is 375 g/mol. The summed E-state index contributed by atoms with van der Waals surface area (Å²) in [4.78, 5) is 42.0. The van der Waals surface area contributed by atoms with E-state index in [0.717, 1.165) is 31.6 Å². The van der Waals surface area contributed by atoms with Crippen LogP contribution in [0.25, 0.3) is 0 Å². The number of hydrogen-bond acceptors (Lipinski definition) is 4. The van der Waals surface area contributed by atoms with Crippen LogP contribution in [0.5, 0.6) is 0 Å². The minimum absolute atomic E-state index is 0.0615. The first-order chi connectivity index (χ1) is 13.6. The summed E-state index contributed by atoms with van der Waals surface area (Å²) in [6, 6.07) is 12.4. The lowest BCUT2D eigenvalue weighted by atomic mass is 10.0. The molecule has 6 nitrogen and oxygen atoms in total. The lowest BCUT2D eigenvalue weighted by molar-refractivity contribution is 0.0736. The third kappa shape index (κ3) is 2.41. The van der Waals surface area contributed by atoms with E-state index in [1.54, 1.807) is 30.3 Å². The number of benzene rings is 2. The molecule has 2 atom stereocenters. The summed E-state index contributed by atoms with van der Waals surface area (Å²) < 4.78 is 0. The molecule has 142 valence electrons. The van der Waals surface area contributed by atoms with Crippen molar-refractivity contribution in [2.45, 2.75) is 19.4 Å². The molecule has 6 heteroatoms. The van der Waals surface area contributed by atoms with Gasteiger partial charge in [0.05, 0.1) is 16.8 Å². The molecule has 1 N–H and O–H groups in total. The Balaban J connectivity index is 1.48. The molecule has 3 heterocycles. The Morgan fingerprint density at radius 2 is 1.82 bits per heavy atom. The molecule has 28 heavy (non-hydrogen) atoms. The topological polar surface area (TPSA) is 69.7 Å². The molecule has 3 amide bonds. The van der Waals surface area contributed by atoms with Crippen molar-refractivity contribution in [2.75, 3.05) is 24.5 Å². The number of anilines is 1. The van der Waals surface area contributed by atoms with Crippen LogP contribution in [0.15, 0.2) is 42.5 Å². The number of likely N-dealkylation sites (tertiary alicyclic amines) is 1. The SMILES string of the molecule is Cc1ccccc1N1C(=O)c2ccc(C(=O)N3CC[C@@H]4CNC[C@@H]43)cc2C1=O. The number of amides is 3. The van der Waals surface area contributed by atoms with Gasteiger partial charge in [-0.1, -0.05) is 18.2 Å². The molecule has 0 bridgehead atoms. The van der Waals surface area contributed by atoms with Crippen LogP contribution >= 0.6 is 0 Å². The molecule has 0 aliphatic carbocycles. The molecule has 5 rings (SSSR count). The average molecular weight is 375 g/mol. The van der Waals surface area contributed by atoms with E-state index in [1.165, 1.54) is 4.90 Å². The van der Waals surface area contributed by atoms with E-state index >= 15 is 0 Å². The zero-order chi connectivity index (χ0) is 19.4. The lowest BCUT2D eigenvalue weighted by Gasteiger charge is -2.23. The van der Waals surface area contributed by atoms with Crippen molar-refractivity contribution >= 4 is 23.4 Å². The number of rotatable bonds is 2. The van der Waals surface area contributed by atoms with Crippen molar-refractivity contribution in [3.05, 3.63) is 64.7 Å². The standard InChI is InChI=1S/C22H21N3O3/c1-13-4-2-3-5-18(13)25-21(27)16-7-6-14(10-17(16)22(25)28)20(26)24-9-8-15-11-23-12-19(15)24/h2-7,10,15,19,23H,8-9,11-12H2,1H3/t15-,19+/m1/s1. The lowest BCUT2D eigenvalue weighted by Crippen LogP contribution is -2.39. The van der Waals surface area contributed by atoms with Gasteiger partial charge in [-0.3, -0.25) is 14.4 Å². The summed E-state index contributed by atoms with van der Waals surface area (Å²) >= 11 is 0.